The van der Waals surface area contributed by atoms with Gasteiger partial charge < -0.3 is 9.73 Å². The van der Waals surface area contributed by atoms with Gasteiger partial charge in [0.1, 0.15) is 5.76 Å². The van der Waals surface area contributed by atoms with Crippen LogP contribution in [0.25, 0.3) is 11.0 Å². The summed E-state index contributed by atoms with van der Waals surface area (Å²) in [5.74, 6) is 2.60. The quantitative estimate of drug-likeness (QED) is 0.782. The predicted octanol–water partition coefficient (Wildman–Crippen LogP) is 5.56. The van der Waals surface area contributed by atoms with Gasteiger partial charge in [-0.25, -0.2) is 0 Å². The molecule has 1 fully saturated rings. The van der Waals surface area contributed by atoms with Gasteiger partial charge >= 0.3 is 0 Å². The molecule has 0 amide bonds. The molecular weight excluding hydrogens is 282 g/mol. The molecule has 0 bridgehead atoms. The minimum absolute atomic E-state index is 0.315. The van der Waals surface area contributed by atoms with Crippen LogP contribution in [0.1, 0.15) is 51.3 Å². The van der Waals surface area contributed by atoms with E-state index in [9.17, 15) is 0 Å². The van der Waals surface area contributed by atoms with Gasteiger partial charge in [-0.05, 0) is 43.4 Å². The Morgan fingerprint density at radius 2 is 2.19 bits per heavy atom. The standard InChI is InChI=1S/C18H24ClNO/c1-3-12-8-9-13(10-12)17(20-4-2)16-11-14-6-5-7-15(19)18(14)21-16/h5-7,11-13,17,20H,3-4,8-10H2,1-2H3. The second-order valence-electron chi connectivity index (χ2n) is 6.19. The van der Waals surface area contributed by atoms with Crippen LogP contribution in [0.4, 0.5) is 0 Å². The van der Waals surface area contributed by atoms with Crippen LogP contribution < -0.4 is 5.32 Å². The maximum Gasteiger partial charge on any atom is 0.152 e. The van der Waals surface area contributed by atoms with Crippen LogP contribution in [0.5, 0.6) is 0 Å². The highest BCUT2D eigenvalue weighted by Gasteiger charge is 2.32. The van der Waals surface area contributed by atoms with Crippen LogP contribution in [-0.4, -0.2) is 6.54 Å². The molecule has 3 heteroatoms. The summed E-state index contributed by atoms with van der Waals surface area (Å²) in [6.45, 7) is 5.42. The van der Waals surface area contributed by atoms with Crippen molar-refractivity contribution in [1.82, 2.24) is 5.32 Å². The van der Waals surface area contributed by atoms with Crippen molar-refractivity contribution in [2.24, 2.45) is 11.8 Å². The van der Waals surface area contributed by atoms with E-state index in [0.29, 0.717) is 17.0 Å². The Balaban J connectivity index is 1.90. The molecule has 21 heavy (non-hydrogen) atoms. The van der Waals surface area contributed by atoms with Crippen LogP contribution in [-0.2, 0) is 0 Å². The molecule has 2 nitrogen and oxygen atoms in total. The Morgan fingerprint density at radius 1 is 1.33 bits per heavy atom. The van der Waals surface area contributed by atoms with Crippen molar-refractivity contribution >= 4 is 22.6 Å². The Kier molecular flexibility index (Phi) is 4.56. The molecule has 0 radical (unpaired) electrons. The van der Waals surface area contributed by atoms with Gasteiger partial charge in [0.25, 0.3) is 0 Å². The van der Waals surface area contributed by atoms with E-state index in [0.717, 1.165) is 29.2 Å². The van der Waals surface area contributed by atoms with Gasteiger partial charge in [0.05, 0.1) is 11.1 Å². The number of hydrogen-bond donors (Lipinski definition) is 1. The number of furan rings is 1. The fourth-order valence-corrected chi connectivity index (χ4v) is 3.93. The average Bonchev–Trinajstić information content (AvgIpc) is 3.12. The molecule has 1 heterocycles. The molecular formula is C18H24ClNO. The first kappa shape index (κ1) is 14.9. The highest BCUT2D eigenvalue weighted by molar-refractivity contribution is 6.34. The maximum absolute atomic E-state index is 6.24. The topological polar surface area (TPSA) is 25.2 Å². The largest absolute Gasteiger partial charge is 0.458 e. The van der Waals surface area contributed by atoms with E-state index in [1.54, 1.807) is 0 Å². The summed E-state index contributed by atoms with van der Waals surface area (Å²) >= 11 is 6.24. The molecule has 1 aromatic heterocycles. The van der Waals surface area contributed by atoms with Crippen molar-refractivity contribution in [3.63, 3.8) is 0 Å². The van der Waals surface area contributed by atoms with Gasteiger partial charge in [-0.3, -0.25) is 0 Å². The normalized spacial score (nSPS) is 23.8. The van der Waals surface area contributed by atoms with E-state index in [-0.39, 0.29) is 0 Å². The first-order valence-corrected chi connectivity index (χ1v) is 8.52. The number of benzene rings is 1. The number of fused-ring (bicyclic) bond motifs is 1. The molecule has 3 unspecified atom stereocenters. The fourth-order valence-electron chi connectivity index (χ4n) is 3.71. The summed E-state index contributed by atoms with van der Waals surface area (Å²) in [5.41, 5.74) is 0.821. The van der Waals surface area contributed by atoms with Crippen LogP contribution in [0.2, 0.25) is 5.02 Å². The molecule has 1 aromatic carbocycles. The summed E-state index contributed by atoms with van der Waals surface area (Å²) < 4.78 is 6.10. The van der Waals surface area contributed by atoms with E-state index in [4.69, 9.17) is 16.0 Å². The molecule has 1 saturated carbocycles. The highest BCUT2D eigenvalue weighted by atomic mass is 35.5. The lowest BCUT2D eigenvalue weighted by Crippen LogP contribution is -2.26. The number of halogens is 1. The number of nitrogens with one attached hydrogen (secondary N) is 1. The number of rotatable bonds is 5. The van der Waals surface area contributed by atoms with Crippen LogP contribution in [0.3, 0.4) is 0 Å². The zero-order chi connectivity index (χ0) is 14.8. The second-order valence-corrected chi connectivity index (χ2v) is 6.60. The SMILES string of the molecule is CCNC(c1cc2cccc(Cl)c2o1)C1CCC(CC)C1. The van der Waals surface area contributed by atoms with Crippen molar-refractivity contribution < 1.29 is 4.42 Å². The van der Waals surface area contributed by atoms with Crippen LogP contribution in [0, 0.1) is 11.8 Å². The average molecular weight is 306 g/mol. The van der Waals surface area contributed by atoms with Crippen molar-refractivity contribution in [1.29, 1.82) is 0 Å². The molecule has 0 spiro atoms. The van der Waals surface area contributed by atoms with Crippen LogP contribution >= 0.6 is 11.6 Å². The monoisotopic (exact) mass is 305 g/mol. The zero-order valence-electron chi connectivity index (χ0n) is 12.9. The zero-order valence-corrected chi connectivity index (χ0v) is 13.6. The molecule has 1 N–H and O–H groups in total. The van der Waals surface area contributed by atoms with Gasteiger partial charge in [-0.15, -0.1) is 0 Å². The third-order valence-corrected chi connectivity index (χ3v) is 5.17. The Bertz CT molecular complexity index is 606. The van der Waals surface area contributed by atoms with Crippen molar-refractivity contribution in [2.75, 3.05) is 6.54 Å². The summed E-state index contributed by atoms with van der Waals surface area (Å²) in [6.07, 6.45) is 5.24. The predicted molar refractivity (Wildman–Crippen MR) is 88.8 cm³/mol. The second kappa shape index (κ2) is 6.41. The van der Waals surface area contributed by atoms with Gasteiger partial charge in [0.2, 0.25) is 0 Å². The number of para-hydroxylation sites is 1. The summed E-state index contributed by atoms with van der Waals surface area (Å²) in [6, 6.07) is 8.42. The van der Waals surface area contributed by atoms with Crippen LogP contribution in [0.15, 0.2) is 28.7 Å². The fraction of sp³-hybridized carbons (Fsp3) is 0.556. The summed E-state index contributed by atoms with van der Waals surface area (Å²) in [7, 11) is 0. The molecule has 1 aliphatic carbocycles. The maximum atomic E-state index is 6.24. The van der Waals surface area contributed by atoms with E-state index < -0.39 is 0 Å². The lowest BCUT2D eigenvalue weighted by Gasteiger charge is -2.22. The Hall–Kier alpha value is -0.990. The molecule has 3 rings (SSSR count). The molecule has 1 aliphatic rings. The molecule has 0 aliphatic heterocycles. The molecule has 114 valence electrons. The lowest BCUT2D eigenvalue weighted by atomic mass is 9.94. The summed E-state index contributed by atoms with van der Waals surface area (Å²) in [5, 5.41) is 5.43. The highest BCUT2D eigenvalue weighted by Crippen LogP contribution is 2.42. The Morgan fingerprint density at radius 3 is 2.86 bits per heavy atom. The molecule has 2 aromatic rings. The van der Waals surface area contributed by atoms with Gasteiger partial charge in [-0.1, -0.05) is 50.4 Å². The van der Waals surface area contributed by atoms with Crippen molar-refractivity contribution in [3.8, 4) is 0 Å². The first-order chi connectivity index (χ1) is 10.2. The van der Waals surface area contributed by atoms with Gasteiger partial charge in [0, 0.05) is 5.39 Å². The van der Waals surface area contributed by atoms with Gasteiger partial charge in [-0.2, -0.15) is 0 Å². The molecule has 3 atom stereocenters. The van der Waals surface area contributed by atoms with Gasteiger partial charge in [0.15, 0.2) is 5.58 Å². The smallest absolute Gasteiger partial charge is 0.152 e. The number of hydrogen-bond acceptors (Lipinski definition) is 2. The summed E-state index contributed by atoms with van der Waals surface area (Å²) in [4.78, 5) is 0. The van der Waals surface area contributed by atoms with E-state index in [1.165, 1.54) is 25.7 Å². The Labute approximate surface area is 131 Å². The minimum Gasteiger partial charge on any atom is -0.458 e. The third kappa shape index (κ3) is 2.97. The van der Waals surface area contributed by atoms with E-state index >= 15 is 0 Å². The van der Waals surface area contributed by atoms with E-state index in [2.05, 4.69) is 31.3 Å². The lowest BCUT2D eigenvalue weighted by molar-refractivity contribution is 0.315. The van der Waals surface area contributed by atoms with E-state index in [1.807, 2.05) is 12.1 Å². The minimum atomic E-state index is 0.315. The molecule has 0 saturated heterocycles. The first-order valence-electron chi connectivity index (χ1n) is 8.14. The van der Waals surface area contributed by atoms with Crippen molar-refractivity contribution in [3.05, 3.63) is 35.0 Å². The third-order valence-electron chi connectivity index (χ3n) is 4.88. The van der Waals surface area contributed by atoms with Crippen molar-refractivity contribution in [2.45, 2.75) is 45.6 Å².